The zero-order valence-corrected chi connectivity index (χ0v) is 10.3. The summed E-state index contributed by atoms with van der Waals surface area (Å²) in [6.07, 6.45) is -0.752. The molecule has 1 aromatic carbocycles. The fourth-order valence-electron chi connectivity index (χ4n) is 2.24. The molecule has 0 aliphatic carbocycles. The Bertz CT molecular complexity index is 411. The molecule has 1 aliphatic heterocycles. The Morgan fingerprint density at radius 3 is 3.00 bits per heavy atom. The molecular weight excluding hydrogens is 237 g/mol. The summed E-state index contributed by atoms with van der Waals surface area (Å²) in [5, 5.41) is 19.1. The van der Waals surface area contributed by atoms with Gasteiger partial charge < -0.3 is 19.8 Å². The summed E-state index contributed by atoms with van der Waals surface area (Å²) >= 11 is 0. The van der Waals surface area contributed by atoms with Gasteiger partial charge in [0, 0.05) is 17.8 Å². The van der Waals surface area contributed by atoms with E-state index in [1.807, 2.05) is 4.90 Å². The average molecular weight is 255 g/mol. The monoisotopic (exact) mass is 255 g/mol. The molecule has 2 unspecified atom stereocenters. The molecule has 0 spiro atoms. The van der Waals surface area contributed by atoms with Gasteiger partial charge in [-0.15, -0.1) is 0 Å². The predicted octanol–water partition coefficient (Wildman–Crippen LogP) is 1.08. The quantitative estimate of drug-likeness (QED) is 0.848. The van der Waals surface area contributed by atoms with Crippen LogP contribution in [-0.4, -0.2) is 42.6 Å². The Hall–Kier alpha value is -1.17. The first-order valence-electron chi connectivity index (χ1n) is 6.06. The van der Waals surface area contributed by atoms with E-state index in [0.717, 1.165) is 5.69 Å². The van der Waals surface area contributed by atoms with Crippen LogP contribution in [0.15, 0.2) is 18.2 Å². The number of aliphatic hydroxyl groups excluding tert-OH is 2. The maximum Gasteiger partial charge on any atom is 0.123 e. The molecule has 5 heteroatoms. The molecule has 1 aliphatic rings. The lowest BCUT2D eigenvalue weighted by Gasteiger charge is -2.37. The van der Waals surface area contributed by atoms with Crippen molar-refractivity contribution in [3.8, 4) is 0 Å². The lowest BCUT2D eigenvalue weighted by molar-refractivity contribution is 0.0722. The highest BCUT2D eigenvalue weighted by Gasteiger charge is 2.25. The minimum absolute atomic E-state index is 0.0311. The zero-order chi connectivity index (χ0) is 13.1. The smallest absolute Gasteiger partial charge is 0.123 e. The number of benzene rings is 1. The van der Waals surface area contributed by atoms with Gasteiger partial charge in [0.1, 0.15) is 5.82 Å². The van der Waals surface area contributed by atoms with Crippen LogP contribution in [0.5, 0.6) is 0 Å². The van der Waals surface area contributed by atoms with Crippen molar-refractivity contribution in [1.29, 1.82) is 0 Å². The van der Waals surface area contributed by atoms with Crippen molar-refractivity contribution < 1.29 is 19.3 Å². The number of ether oxygens (including phenoxy) is 1. The summed E-state index contributed by atoms with van der Waals surface area (Å²) < 4.78 is 18.6. The minimum atomic E-state index is -0.752. The second-order valence-corrected chi connectivity index (χ2v) is 4.48. The predicted molar refractivity (Wildman–Crippen MR) is 66.1 cm³/mol. The molecular formula is C13H18FNO3. The molecule has 4 nitrogen and oxygen atoms in total. The first-order chi connectivity index (χ1) is 8.63. The number of rotatable bonds is 3. The van der Waals surface area contributed by atoms with Crippen molar-refractivity contribution in [3.63, 3.8) is 0 Å². The van der Waals surface area contributed by atoms with Crippen LogP contribution in [0.2, 0.25) is 0 Å². The van der Waals surface area contributed by atoms with E-state index >= 15 is 0 Å². The van der Waals surface area contributed by atoms with Crippen LogP contribution in [0, 0.1) is 5.82 Å². The van der Waals surface area contributed by atoms with E-state index < -0.39 is 6.10 Å². The summed E-state index contributed by atoms with van der Waals surface area (Å²) in [7, 11) is 0. The van der Waals surface area contributed by atoms with E-state index in [-0.39, 0.29) is 18.5 Å². The summed E-state index contributed by atoms with van der Waals surface area (Å²) in [5.74, 6) is -0.372. The number of aliphatic hydroxyl groups is 2. The highest BCUT2D eigenvalue weighted by Crippen LogP contribution is 2.29. The molecule has 2 N–H and O–H groups in total. The number of halogens is 1. The van der Waals surface area contributed by atoms with Gasteiger partial charge in [0.05, 0.1) is 32.0 Å². The third-order valence-corrected chi connectivity index (χ3v) is 3.19. The van der Waals surface area contributed by atoms with Crippen molar-refractivity contribution in [2.75, 3.05) is 31.3 Å². The summed E-state index contributed by atoms with van der Waals surface area (Å²) in [5.41, 5.74) is 1.30. The molecule has 0 amide bonds. The van der Waals surface area contributed by atoms with Gasteiger partial charge >= 0.3 is 0 Å². The summed E-state index contributed by atoms with van der Waals surface area (Å²) in [6, 6.07) is 4.20. The third-order valence-electron chi connectivity index (χ3n) is 3.19. The largest absolute Gasteiger partial charge is 0.394 e. The standard InChI is InChI=1S/C13H18FNO3/c1-9(17)12-6-10(14)2-3-13(12)15-4-5-18-8-11(15)7-16/h2-3,6,9,11,16-17H,4-5,7-8H2,1H3. The van der Waals surface area contributed by atoms with Gasteiger partial charge in [-0.3, -0.25) is 0 Å². The van der Waals surface area contributed by atoms with Gasteiger partial charge in [-0.2, -0.15) is 0 Å². The highest BCUT2D eigenvalue weighted by molar-refractivity contribution is 5.56. The minimum Gasteiger partial charge on any atom is -0.394 e. The first-order valence-corrected chi connectivity index (χ1v) is 6.06. The summed E-state index contributed by atoms with van der Waals surface area (Å²) in [4.78, 5) is 1.96. The van der Waals surface area contributed by atoms with E-state index in [9.17, 15) is 14.6 Å². The van der Waals surface area contributed by atoms with Crippen molar-refractivity contribution in [1.82, 2.24) is 0 Å². The van der Waals surface area contributed by atoms with Crippen LogP contribution in [0.1, 0.15) is 18.6 Å². The molecule has 18 heavy (non-hydrogen) atoms. The van der Waals surface area contributed by atoms with E-state index in [4.69, 9.17) is 4.74 Å². The highest BCUT2D eigenvalue weighted by atomic mass is 19.1. The first kappa shape index (κ1) is 13.3. The van der Waals surface area contributed by atoms with Crippen molar-refractivity contribution >= 4 is 5.69 Å². The Labute approximate surface area is 106 Å². The van der Waals surface area contributed by atoms with Crippen LogP contribution < -0.4 is 4.90 Å². The number of nitrogens with zero attached hydrogens (tertiary/aromatic N) is 1. The fraction of sp³-hybridized carbons (Fsp3) is 0.538. The van der Waals surface area contributed by atoms with Gasteiger partial charge in [-0.05, 0) is 25.1 Å². The zero-order valence-electron chi connectivity index (χ0n) is 10.3. The molecule has 2 rings (SSSR count). The Morgan fingerprint density at radius 2 is 2.33 bits per heavy atom. The second-order valence-electron chi connectivity index (χ2n) is 4.48. The Kier molecular flexibility index (Phi) is 4.16. The third kappa shape index (κ3) is 2.63. The number of anilines is 1. The molecule has 0 radical (unpaired) electrons. The molecule has 0 bridgehead atoms. The maximum absolute atomic E-state index is 13.3. The molecule has 1 heterocycles. The molecule has 2 atom stereocenters. The fourth-order valence-corrected chi connectivity index (χ4v) is 2.24. The Balaban J connectivity index is 2.36. The molecule has 1 aromatic rings. The molecule has 1 fully saturated rings. The number of hydrogen-bond donors (Lipinski definition) is 2. The van der Waals surface area contributed by atoms with Crippen molar-refractivity contribution in [2.24, 2.45) is 0 Å². The topological polar surface area (TPSA) is 52.9 Å². The van der Waals surface area contributed by atoms with Crippen molar-refractivity contribution in [2.45, 2.75) is 19.1 Å². The lowest BCUT2D eigenvalue weighted by Crippen LogP contribution is -2.48. The summed E-state index contributed by atoms with van der Waals surface area (Å²) in [6.45, 7) is 3.19. The molecule has 1 saturated heterocycles. The molecule has 0 aromatic heterocycles. The lowest BCUT2D eigenvalue weighted by atomic mass is 10.0. The van der Waals surface area contributed by atoms with E-state index in [1.165, 1.54) is 12.1 Å². The van der Waals surface area contributed by atoms with Gasteiger partial charge in [0.15, 0.2) is 0 Å². The molecule has 0 saturated carbocycles. The van der Waals surface area contributed by atoms with Gasteiger partial charge in [0.25, 0.3) is 0 Å². The van der Waals surface area contributed by atoms with Crippen LogP contribution in [0.4, 0.5) is 10.1 Å². The van der Waals surface area contributed by atoms with E-state index in [1.54, 1.807) is 13.0 Å². The molecule has 100 valence electrons. The van der Waals surface area contributed by atoms with Crippen LogP contribution in [0.25, 0.3) is 0 Å². The van der Waals surface area contributed by atoms with Gasteiger partial charge in [-0.25, -0.2) is 4.39 Å². The van der Waals surface area contributed by atoms with Crippen molar-refractivity contribution in [3.05, 3.63) is 29.6 Å². The van der Waals surface area contributed by atoms with E-state index in [2.05, 4.69) is 0 Å². The van der Waals surface area contributed by atoms with E-state index in [0.29, 0.717) is 25.3 Å². The second kappa shape index (κ2) is 5.65. The van der Waals surface area contributed by atoms with Gasteiger partial charge in [-0.1, -0.05) is 0 Å². The van der Waals surface area contributed by atoms with Gasteiger partial charge in [0.2, 0.25) is 0 Å². The van der Waals surface area contributed by atoms with Crippen LogP contribution in [-0.2, 0) is 4.74 Å². The van der Waals surface area contributed by atoms with Crippen LogP contribution >= 0.6 is 0 Å². The number of morpholine rings is 1. The maximum atomic E-state index is 13.3. The average Bonchev–Trinajstić information content (AvgIpc) is 2.38. The number of hydrogen-bond acceptors (Lipinski definition) is 4. The normalized spacial score (nSPS) is 22.0. The van der Waals surface area contributed by atoms with Crippen LogP contribution in [0.3, 0.4) is 0 Å². The SMILES string of the molecule is CC(O)c1cc(F)ccc1N1CCOCC1CO. The Morgan fingerprint density at radius 1 is 1.56 bits per heavy atom.